The normalized spacial score (nSPS) is 30.7. The van der Waals surface area contributed by atoms with Gasteiger partial charge in [-0.1, -0.05) is 12.2 Å². The molecule has 40 valence electrons. The van der Waals surface area contributed by atoms with Crippen LogP contribution in [-0.4, -0.2) is 6.17 Å². The summed E-state index contributed by atoms with van der Waals surface area (Å²) in [6.45, 7) is 0. The minimum atomic E-state index is -0.645. The predicted octanol–water partition coefficient (Wildman–Crippen LogP) is 2.06. The Hall–Kier alpha value is -0.330. The van der Waals surface area contributed by atoms with Crippen LogP contribution < -0.4 is 0 Å². The van der Waals surface area contributed by atoms with Gasteiger partial charge in [0.2, 0.25) is 0 Å². The fourth-order valence-corrected chi connectivity index (χ4v) is 0.771. The van der Waals surface area contributed by atoms with E-state index in [4.69, 9.17) is 0 Å². The van der Waals surface area contributed by atoms with E-state index in [-0.39, 0.29) is 0 Å². The monoisotopic (exact) mass is 100 g/mol. The number of rotatable bonds is 0. The van der Waals surface area contributed by atoms with Crippen molar-refractivity contribution in [1.82, 2.24) is 0 Å². The molecule has 0 saturated carbocycles. The molecule has 0 aliphatic heterocycles. The van der Waals surface area contributed by atoms with Gasteiger partial charge in [-0.2, -0.15) is 0 Å². The predicted molar refractivity (Wildman–Crippen MR) is 27.9 cm³/mol. The van der Waals surface area contributed by atoms with Crippen molar-refractivity contribution in [3.8, 4) is 0 Å². The maximum Gasteiger partial charge on any atom is 0.118 e. The lowest BCUT2D eigenvalue weighted by molar-refractivity contribution is 0.361. The molecule has 1 aliphatic carbocycles. The Bertz CT molecular complexity index is 76.2. The number of halogens is 1. The SMILES string of the molecule is FC1C=CCCC1. The zero-order chi connectivity index (χ0) is 5.11. The Labute approximate surface area is 43.0 Å². The molecule has 0 radical (unpaired) electrons. The van der Waals surface area contributed by atoms with Crippen LogP contribution >= 0.6 is 0 Å². The van der Waals surface area contributed by atoms with Crippen molar-refractivity contribution >= 4 is 0 Å². The molecule has 0 fully saturated rings. The zero-order valence-electron chi connectivity index (χ0n) is 4.23. The first kappa shape index (κ1) is 4.82. The molecule has 0 N–H and O–H groups in total. The lowest BCUT2D eigenvalue weighted by Gasteiger charge is -2.04. The van der Waals surface area contributed by atoms with Crippen LogP contribution in [0.1, 0.15) is 19.3 Å². The Morgan fingerprint density at radius 3 is 2.71 bits per heavy atom. The molecule has 1 unspecified atom stereocenters. The van der Waals surface area contributed by atoms with Crippen LogP contribution in [0, 0.1) is 0 Å². The van der Waals surface area contributed by atoms with Crippen LogP contribution in [0.5, 0.6) is 0 Å². The molecule has 0 amide bonds. The van der Waals surface area contributed by atoms with Gasteiger partial charge in [-0.3, -0.25) is 0 Å². The third kappa shape index (κ3) is 1.30. The van der Waals surface area contributed by atoms with Crippen molar-refractivity contribution in [1.29, 1.82) is 0 Å². The highest BCUT2D eigenvalue weighted by Crippen LogP contribution is 2.12. The second kappa shape index (κ2) is 2.10. The minimum absolute atomic E-state index is 0.645. The van der Waals surface area contributed by atoms with E-state index < -0.39 is 6.17 Å². The summed E-state index contributed by atoms with van der Waals surface area (Å²) in [5, 5.41) is 0. The van der Waals surface area contributed by atoms with Gasteiger partial charge in [0.05, 0.1) is 0 Å². The van der Waals surface area contributed by atoms with Gasteiger partial charge in [0.25, 0.3) is 0 Å². The van der Waals surface area contributed by atoms with E-state index in [1.54, 1.807) is 6.08 Å². The van der Waals surface area contributed by atoms with Crippen LogP contribution in [-0.2, 0) is 0 Å². The van der Waals surface area contributed by atoms with E-state index in [9.17, 15) is 4.39 Å². The fraction of sp³-hybridized carbons (Fsp3) is 0.667. The molecule has 0 aromatic heterocycles. The van der Waals surface area contributed by atoms with E-state index >= 15 is 0 Å². The van der Waals surface area contributed by atoms with Crippen LogP contribution in [0.25, 0.3) is 0 Å². The Kier molecular flexibility index (Phi) is 1.45. The molecule has 1 heteroatoms. The number of hydrogen-bond donors (Lipinski definition) is 0. The van der Waals surface area contributed by atoms with Gasteiger partial charge in [0, 0.05) is 0 Å². The van der Waals surface area contributed by atoms with Crippen LogP contribution in [0.3, 0.4) is 0 Å². The fourth-order valence-electron chi connectivity index (χ4n) is 0.771. The molecule has 1 atom stereocenters. The average Bonchev–Trinajstić information content (AvgIpc) is 1.69. The lowest BCUT2D eigenvalue weighted by Crippen LogP contribution is -1.97. The molecule has 1 aliphatic rings. The van der Waals surface area contributed by atoms with Crippen molar-refractivity contribution < 1.29 is 4.39 Å². The summed E-state index contributed by atoms with van der Waals surface area (Å²) >= 11 is 0. The molecule has 0 spiro atoms. The van der Waals surface area contributed by atoms with Crippen LogP contribution in [0.4, 0.5) is 4.39 Å². The molecule has 1 rings (SSSR count). The number of allylic oxidation sites excluding steroid dienone is 2. The third-order valence-corrected chi connectivity index (χ3v) is 1.20. The van der Waals surface area contributed by atoms with Crippen molar-refractivity contribution in [2.24, 2.45) is 0 Å². The molecular formula is C6H9F. The summed E-state index contributed by atoms with van der Waals surface area (Å²) in [6.07, 6.45) is 5.74. The first-order chi connectivity index (χ1) is 3.39. The Morgan fingerprint density at radius 2 is 2.43 bits per heavy atom. The quantitative estimate of drug-likeness (QED) is 0.409. The third-order valence-electron chi connectivity index (χ3n) is 1.20. The molecule has 7 heavy (non-hydrogen) atoms. The summed E-state index contributed by atoms with van der Waals surface area (Å²) in [5.41, 5.74) is 0. The van der Waals surface area contributed by atoms with E-state index in [0.29, 0.717) is 0 Å². The van der Waals surface area contributed by atoms with E-state index in [2.05, 4.69) is 0 Å². The summed E-state index contributed by atoms with van der Waals surface area (Å²) < 4.78 is 12.1. The summed E-state index contributed by atoms with van der Waals surface area (Å²) in [4.78, 5) is 0. The summed E-state index contributed by atoms with van der Waals surface area (Å²) in [5.74, 6) is 0. The molecule has 0 heterocycles. The molecule has 0 bridgehead atoms. The summed E-state index contributed by atoms with van der Waals surface area (Å²) in [7, 11) is 0. The summed E-state index contributed by atoms with van der Waals surface area (Å²) in [6, 6.07) is 0. The first-order valence-corrected chi connectivity index (χ1v) is 2.70. The smallest absolute Gasteiger partial charge is 0.118 e. The highest BCUT2D eigenvalue weighted by Gasteiger charge is 2.02. The van der Waals surface area contributed by atoms with Crippen molar-refractivity contribution in [3.63, 3.8) is 0 Å². The zero-order valence-corrected chi connectivity index (χ0v) is 4.23. The second-order valence-electron chi connectivity index (χ2n) is 1.88. The van der Waals surface area contributed by atoms with Crippen molar-refractivity contribution in [3.05, 3.63) is 12.2 Å². The Balaban J connectivity index is 2.36. The van der Waals surface area contributed by atoms with Gasteiger partial charge in [-0.05, 0) is 19.3 Å². The molecular weight excluding hydrogens is 91.1 g/mol. The van der Waals surface area contributed by atoms with Crippen molar-refractivity contribution in [2.45, 2.75) is 25.4 Å². The molecule has 0 aromatic carbocycles. The maximum atomic E-state index is 12.1. The highest BCUT2D eigenvalue weighted by molar-refractivity contribution is 4.92. The van der Waals surface area contributed by atoms with Crippen LogP contribution in [0.15, 0.2) is 12.2 Å². The standard InChI is InChI=1S/C6H9F/c7-6-4-2-1-3-5-6/h2,4,6H,1,3,5H2. The van der Waals surface area contributed by atoms with E-state index in [1.165, 1.54) is 0 Å². The molecule has 0 saturated heterocycles. The largest absolute Gasteiger partial charge is 0.243 e. The van der Waals surface area contributed by atoms with Gasteiger partial charge >= 0.3 is 0 Å². The second-order valence-corrected chi connectivity index (χ2v) is 1.88. The lowest BCUT2D eigenvalue weighted by atomic mass is 10.1. The Morgan fingerprint density at radius 1 is 1.57 bits per heavy atom. The average molecular weight is 100 g/mol. The molecule has 0 nitrogen and oxygen atoms in total. The van der Waals surface area contributed by atoms with Gasteiger partial charge in [-0.25, -0.2) is 4.39 Å². The van der Waals surface area contributed by atoms with Crippen molar-refractivity contribution in [2.75, 3.05) is 0 Å². The topological polar surface area (TPSA) is 0 Å². The van der Waals surface area contributed by atoms with E-state index in [0.717, 1.165) is 19.3 Å². The number of hydrogen-bond acceptors (Lipinski definition) is 0. The molecule has 0 aromatic rings. The van der Waals surface area contributed by atoms with E-state index in [1.807, 2.05) is 6.08 Å². The van der Waals surface area contributed by atoms with Crippen LogP contribution in [0.2, 0.25) is 0 Å². The van der Waals surface area contributed by atoms with Gasteiger partial charge in [-0.15, -0.1) is 0 Å². The maximum absolute atomic E-state index is 12.1. The number of alkyl halides is 1. The first-order valence-electron chi connectivity index (χ1n) is 2.70. The minimum Gasteiger partial charge on any atom is -0.243 e. The van der Waals surface area contributed by atoms with Gasteiger partial charge in [0.1, 0.15) is 6.17 Å². The van der Waals surface area contributed by atoms with Gasteiger partial charge < -0.3 is 0 Å². The van der Waals surface area contributed by atoms with Gasteiger partial charge in [0.15, 0.2) is 0 Å². The highest BCUT2D eigenvalue weighted by atomic mass is 19.1.